The van der Waals surface area contributed by atoms with Gasteiger partial charge in [-0.2, -0.15) is 5.26 Å². The number of nitrogens with zero attached hydrogens (tertiary/aromatic N) is 7. The maximum Gasteiger partial charge on any atom is 0.227 e. The van der Waals surface area contributed by atoms with Crippen LogP contribution in [0.1, 0.15) is 45.4 Å². The number of carbonyl (C=O) groups excluding carboxylic acids is 1. The molecule has 1 aliphatic heterocycles. The minimum absolute atomic E-state index is 0.147. The van der Waals surface area contributed by atoms with E-state index in [1.165, 1.54) is 18.3 Å². The zero-order valence-corrected chi connectivity index (χ0v) is 20.3. The van der Waals surface area contributed by atoms with Crippen molar-refractivity contribution in [1.29, 1.82) is 5.26 Å². The summed E-state index contributed by atoms with van der Waals surface area (Å²) in [5.41, 5.74) is 5.63. The molecule has 1 atom stereocenters. The van der Waals surface area contributed by atoms with E-state index in [9.17, 15) is 10.1 Å². The average Bonchev–Trinajstić information content (AvgIpc) is 3.41. The van der Waals surface area contributed by atoms with Gasteiger partial charge in [-0.15, -0.1) is 5.10 Å². The van der Waals surface area contributed by atoms with Gasteiger partial charge < -0.3 is 9.38 Å². The number of aromatic nitrogens is 4. The molecule has 0 aromatic carbocycles. The van der Waals surface area contributed by atoms with Crippen molar-refractivity contribution in [2.24, 2.45) is 0 Å². The number of amides is 1. The average molecular weight is 461 g/mol. The molecular weight excluding hydrogens is 426 g/mol. The monoisotopic (exact) mass is 460 g/mol. The summed E-state index contributed by atoms with van der Waals surface area (Å²) < 4.78 is 2.59. The third-order valence-electron chi connectivity index (χ3n) is 7.74. The Morgan fingerprint density at radius 1 is 1.29 bits per heavy atom. The smallest absolute Gasteiger partial charge is 0.227 e. The SMILES string of the molecule is C=CC(=CC=C(C)n1cnnn1)CC(=O)N1CC[N+](C)(C2CCC3=C(C=C(C#N)CC3)C2)CC1. The molecule has 1 amide bonds. The van der Waals surface area contributed by atoms with Gasteiger partial charge >= 0.3 is 0 Å². The third-order valence-corrected chi connectivity index (χ3v) is 7.74. The second-order valence-electron chi connectivity index (χ2n) is 9.80. The molecule has 1 unspecified atom stereocenters. The molecule has 0 spiro atoms. The number of allylic oxidation sites excluding steroid dienone is 7. The Hall–Kier alpha value is -3.31. The third kappa shape index (κ3) is 5.26. The van der Waals surface area contributed by atoms with Crippen LogP contribution in [-0.2, 0) is 4.79 Å². The zero-order chi connectivity index (χ0) is 24.1. The standard InChI is InChI=1S/C26H34N7O/c1-4-21(6-5-20(2)32-19-28-29-30-32)16-26(34)31-11-13-33(3,14-12-31)25-10-9-23-8-7-22(18-27)15-24(23)17-25/h4-6,15,19,25H,1,7-14,16-17H2,2-3H3/q+1. The lowest BCUT2D eigenvalue weighted by Crippen LogP contribution is -2.63. The van der Waals surface area contributed by atoms with Crippen LogP contribution in [0.15, 0.2) is 59.5 Å². The molecule has 1 aromatic heterocycles. The van der Waals surface area contributed by atoms with E-state index < -0.39 is 0 Å². The predicted octanol–water partition coefficient (Wildman–Crippen LogP) is 3.42. The Bertz CT molecular complexity index is 1090. The molecule has 1 fully saturated rings. The Morgan fingerprint density at radius 3 is 2.76 bits per heavy atom. The van der Waals surface area contributed by atoms with Crippen molar-refractivity contribution >= 4 is 11.6 Å². The van der Waals surface area contributed by atoms with Gasteiger partial charge in [-0.3, -0.25) is 4.79 Å². The largest absolute Gasteiger partial charge is 0.331 e. The number of rotatable bonds is 6. The van der Waals surface area contributed by atoms with Gasteiger partial charge in [-0.05, 0) is 59.9 Å². The number of tetrazole rings is 1. The van der Waals surface area contributed by atoms with Crippen molar-refractivity contribution in [3.05, 3.63) is 59.5 Å². The van der Waals surface area contributed by atoms with Crippen molar-refractivity contribution in [1.82, 2.24) is 25.1 Å². The second-order valence-corrected chi connectivity index (χ2v) is 9.80. The van der Waals surface area contributed by atoms with E-state index in [1.54, 1.807) is 16.3 Å². The molecule has 1 saturated heterocycles. The van der Waals surface area contributed by atoms with Gasteiger partial charge in [0.2, 0.25) is 5.91 Å². The summed E-state index contributed by atoms with van der Waals surface area (Å²) in [7, 11) is 2.34. The normalized spacial score (nSPS) is 23.1. The summed E-state index contributed by atoms with van der Waals surface area (Å²) in [4.78, 5) is 15.0. The van der Waals surface area contributed by atoms with Crippen molar-refractivity contribution in [2.45, 2.75) is 51.5 Å². The van der Waals surface area contributed by atoms with Crippen LogP contribution in [0.3, 0.4) is 0 Å². The van der Waals surface area contributed by atoms with E-state index in [0.29, 0.717) is 12.5 Å². The maximum absolute atomic E-state index is 13.0. The molecule has 3 aliphatic rings. The van der Waals surface area contributed by atoms with E-state index in [0.717, 1.165) is 73.2 Å². The van der Waals surface area contributed by atoms with E-state index in [2.05, 4.69) is 41.3 Å². The Morgan fingerprint density at radius 2 is 2.09 bits per heavy atom. The Balaban J connectivity index is 1.33. The van der Waals surface area contributed by atoms with Gasteiger partial charge in [0.25, 0.3) is 0 Å². The van der Waals surface area contributed by atoms with Crippen molar-refractivity contribution in [3.8, 4) is 6.07 Å². The van der Waals surface area contributed by atoms with Crippen LogP contribution in [-0.4, -0.2) is 74.8 Å². The number of hydrogen-bond acceptors (Lipinski definition) is 5. The van der Waals surface area contributed by atoms with Crippen molar-refractivity contribution < 1.29 is 9.28 Å². The van der Waals surface area contributed by atoms with E-state index in [-0.39, 0.29) is 5.91 Å². The molecule has 0 radical (unpaired) electrons. The first-order valence-corrected chi connectivity index (χ1v) is 12.1. The number of likely N-dealkylation sites (N-methyl/N-ethyl adjacent to an activating group) is 1. The molecule has 8 heteroatoms. The van der Waals surface area contributed by atoms with Crippen molar-refractivity contribution in [3.63, 3.8) is 0 Å². The molecule has 0 saturated carbocycles. The van der Waals surface area contributed by atoms with E-state index >= 15 is 0 Å². The molecule has 8 nitrogen and oxygen atoms in total. The molecule has 4 rings (SSSR count). The van der Waals surface area contributed by atoms with Gasteiger partial charge in [0.1, 0.15) is 6.33 Å². The Kier molecular flexibility index (Phi) is 7.23. The minimum Gasteiger partial charge on any atom is -0.331 e. The molecule has 178 valence electrons. The summed E-state index contributed by atoms with van der Waals surface area (Å²) in [5, 5.41) is 20.5. The van der Waals surface area contributed by atoms with Crippen LogP contribution in [0.5, 0.6) is 0 Å². The second kappa shape index (κ2) is 10.3. The van der Waals surface area contributed by atoms with Crippen LogP contribution in [0.25, 0.3) is 5.70 Å². The van der Waals surface area contributed by atoms with Crippen LogP contribution in [0, 0.1) is 11.3 Å². The summed E-state index contributed by atoms with van der Waals surface area (Å²) in [5.74, 6) is 0.147. The highest BCUT2D eigenvalue weighted by Gasteiger charge is 2.39. The summed E-state index contributed by atoms with van der Waals surface area (Å²) >= 11 is 0. The van der Waals surface area contributed by atoms with Crippen LogP contribution < -0.4 is 0 Å². The topological polar surface area (TPSA) is 87.7 Å². The van der Waals surface area contributed by atoms with Crippen LogP contribution >= 0.6 is 0 Å². The highest BCUT2D eigenvalue weighted by molar-refractivity contribution is 5.79. The molecule has 1 aromatic rings. The first-order valence-electron chi connectivity index (χ1n) is 12.1. The zero-order valence-electron chi connectivity index (χ0n) is 20.3. The lowest BCUT2D eigenvalue weighted by Gasteiger charge is -2.48. The van der Waals surface area contributed by atoms with Crippen LogP contribution in [0.4, 0.5) is 0 Å². The van der Waals surface area contributed by atoms with Gasteiger partial charge in [0.05, 0.1) is 51.8 Å². The number of quaternary nitrogens is 1. The van der Waals surface area contributed by atoms with Crippen LogP contribution in [0.2, 0.25) is 0 Å². The van der Waals surface area contributed by atoms with E-state index in [4.69, 9.17) is 0 Å². The fraction of sp³-hybridized carbons (Fsp3) is 0.500. The van der Waals surface area contributed by atoms with Gasteiger partial charge in [0.15, 0.2) is 0 Å². The lowest BCUT2D eigenvalue weighted by atomic mass is 9.80. The van der Waals surface area contributed by atoms with Gasteiger partial charge in [0, 0.05) is 24.1 Å². The molecular formula is C26H34N7O+. The summed E-state index contributed by atoms with van der Waals surface area (Å²) in [6, 6.07) is 2.92. The fourth-order valence-electron chi connectivity index (χ4n) is 5.29. The van der Waals surface area contributed by atoms with E-state index in [1.807, 2.05) is 24.0 Å². The fourth-order valence-corrected chi connectivity index (χ4v) is 5.29. The quantitative estimate of drug-likeness (QED) is 0.479. The number of carbonyl (C=O) groups is 1. The first kappa shape index (κ1) is 23.8. The molecule has 0 bridgehead atoms. The highest BCUT2D eigenvalue weighted by Crippen LogP contribution is 2.38. The number of piperazine rings is 1. The maximum atomic E-state index is 13.0. The summed E-state index contributed by atoms with van der Waals surface area (Å²) in [6.45, 7) is 9.29. The minimum atomic E-state index is 0.147. The number of nitriles is 1. The van der Waals surface area contributed by atoms with Gasteiger partial charge in [-0.1, -0.05) is 24.3 Å². The predicted molar refractivity (Wildman–Crippen MR) is 131 cm³/mol. The highest BCUT2D eigenvalue weighted by atomic mass is 16.2. The molecule has 34 heavy (non-hydrogen) atoms. The van der Waals surface area contributed by atoms with Gasteiger partial charge in [-0.25, -0.2) is 4.68 Å². The lowest BCUT2D eigenvalue weighted by molar-refractivity contribution is -0.937. The summed E-state index contributed by atoms with van der Waals surface area (Å²) in [6.07, 6.45) is 14.9. The molecule has 2 heterocycles. The number of hydrogen-bond donors (Lipinski definition) is 0. The molecule has 0 N–H and O–H groups in total. The molecule has 2 aliphatic carbocycles. The van der Waals surface area contributed by atoms with Crippen molar-refractivity contribution in [2.75, 3.05) is 33.2 Å². The Labute approximate surface area is 201 Å². The first-order chi connectivity index (χ1) is 16.4.